The van der Waals surface area contributed by atoms with Crippen LogP contribution in [-0.2, 0) is 35.5 Å². The molecule has 0 saturated carbocycles. The number of rotatable bonds is 17. The van der Waals surface area contributed by atoms with Gasteiger partial charge >= 0.3 is 12.1 Å². The SMILES string of the molecule is C=C(C)c1nc(CN(C)C(=O)N[C@H](C(=O)N[C@@H](Cc2ccccc2)C[C@H](O)[C@H](Cc2ccccc2)NC(=O)OCc2cncs2)C(C)C)cs1. The Kier molecular flexibility index (Phi) is 14.5. The van der Waals surface area contributed by atoms with Crippen molar-refractivity contribution in [2.24, 2.45) is 5.92 Å². The van der Waals surface area contributed by atoms with Gasteiger partial charge in [0, 0.05) is 24.7 Å². The summed E-state index contributed by atoms with van der Waals surface area (Å²) in [6.07, 6.45) is 0.804. The number of nitrogens with one attached hydrogen (secondary N) is 3. The van der Waals surface area contributed by atoms with Crippen molar-refractivity contribution in [2.45, 2.75) is 77.4 Å². The van der Waals surface area contributed by atoms with Crippen LogP contribution in [0, 0.1) is 5.92 Å². The van der Waals surface area contributed by atoms with E-state index in [2.05, 4.69) is 32.5 Å². The first-order chi connectivity index (χ1) is 24.0. The molecule has 2 heterocycles. The average molecular weight is 719 g/mol. The molecule has 4 aromatic rings. The van der Waals surface area contributed by atoms with Crippen LogP contribution >= 0.6 is 22.7 Å². The van der Waals surface area contributed by atoms with Gasteiger partial charge in [0.25, 0.3) is 0 Å². The third kappa shape index (κ3) is 12.1. The molecule has 13 heteroatoms. The van der Waals surface area contributed by atoms with Gasteiger partial charge in [-0.05, 0) is 48.8 Å². The molecule has 0 aliphatic rings. The van der Waals surface area contributed by atoms with E-state index in [9.17, 15) is 19.5 Å². The van der Waals surface area contributed by atoms with Crippen LogP contribution in [0.25, 0.3) is 5.57 Å². The van der Waals surface area contributed by atoms with Crippen molar-refractivity contribution in [1.82, 2.24) is 30.8 Å². The van der Waals surface area contributed by atoms with Gasteiger partial charge in [0.15, 0.2) is 0 Å². The number of benzene rings is 2. The van der Waals surface area contributed by atoms with E-state index in [0.717, 1.165) is 32.3 Å². The summed E-state index contributed by atoms with van der Waals surface area (Å²) >= 11 is 2.85. The number of urea groups is 1. The van der Waals surface area contributed by atoms with E-state index in [-0.39, 0.29) is 31.4 Å². The smallest absolute Gasteiger partial charge is 0.407 e. The number of amides is 4. The van der Waals surface area contributed by atoms with Gasteiger partial charge in [-0.25, -0.2) is 14.6 Å². The second-order valence-electron chi connectivity index (χ2n) is 12.6. The summed E-state index contributed by atoms with van der Waals surface area (Å²) in [7, 11) is 1.65. The van der Waals surface area contributed by atoms with Crippen molar-refractivity contribution in [3.8, 4) is 0 Å². The van der Waals surface area contributed by atoms with Crippen LogP contribution in [0.3, 0.4) is 0 Å². The van der Waals surface area contributed by atoms with Crippen LogP contribution in [0.2, 0.25) is 0 Å². The van der Waals surface area contributed by atoms with E-state index in [4.69, 9.17) is 4.74 Å². The van der Waals surface area contributed by atoms with Crippen LogP contribution < -0.4 is 16.0 Å². The number of ether oxygens (including phenoxy) is 1. The molecule has 4 N–H and O–H groups in total. The molecular formula is C37H46N6O5S2. The molecule has 0 radical (unpaired) electrons. The molecule has 4 amide bonds. The number of thiazole rings is 2. The monoisotopic (exact) mass is 718 g/mol. The number of hydrogen-bond donors (Lipinski definition) is 4. The predicted octanol–water partition coefficient (Wildman–Crippen LogP) is 5.81. The maximum absolute atomic E-state index is 13.9. The lowest BCUT2D eigenvalue weighted by atomic mass is 9.93. The number of carbonyl (C=O) groups excluding carboxylic acids is 3. The standard InChI is InChI=1S/C37H46N6O5S2/c1-24(2)33(42-36(46)43(5)20-29-22-49-35(40-29)25(3)4)34(45)39-28(16-26-12-8-6-9-13-26)18-32(44)31(17-27-14-10-7-11-15-27)41-37(47)48-21-30-19-38-23-50-30/h6-15,19,22-24,28,31-33,44H,3,16-18,20-21H2,1-2,4-5H3,(H,39,45)(H,41,47)(H,42,46)/t28-,31-,32-,33-/m0/s1. The molecule has 2 aromatic carbocycles. The Labute approximate surface area is 301 Å². The molecule has 0 saturated heterocycles. The largest absolute Gasteiger partial charge is 0.444 e. The summed E-state index contributed by atoms with van der Waals surface area (Å²) < 4.78 is 5.42. The molecule has 0 bridgehead atoms. The highest BCUT2D eigenvalue weighted by atomic mass is 32.1. The van der Waals surface area contributed by atoms with Gasteiger partial charge in [-0.2, -0.15) is 0 Å². The van der Waals surface area contributed by atoms with E-state index in [1.807, 2.05) is 86.8 Å². The molecule has 266 valence electrons. The molecule has 11 nitrogen and oxygen atoms in total. The van der Waals surface area contributed by atoms with Gasteiger partial charge in [0.2, 0.25) is 5.91 Å². The number of nitrogens with zero attached hydrogens (tertiary/aromatic N) is 3. The van der Waals surface area contributed by atoms with E-state index in [1.165, 1.54) is 27.6 Å². The van der Waals surface area contributed by atoms with Gasteiger partial charge in [0.1, 0.15) is 17.7 Å². The number of carbonyl (C=O) groups is 3. The Hall–Kier alpha value is -4.59. The van der Waals surface area contributed by atoms with Crippen LogP contribution in [0.5, 0.6) is 0 Å². The predicted molar refractivity (Wildman–Crippen MR) is 198 cm³/mol. The summed E-state index contributed by atoms with van der Waals surface area (Å²) in [6, 6.07) is 16.7. The van der Waals surface area contributed by atoms with Crippen molar-refractivity contribution in [3.63, 3.8) is 0 Å². The van der Waals surface area contributed by atoms with Crippen molar-refractivity contribution in [1.29, 1.82) is 0 Å². The van der Waals surface area contributed by atoms with Crippen molar-refractivity contribution in [3.05, 3.63) is 111 Å². The average Bonchev–Trinajstić information content (AvgIpc) is 3.79. The maximum atomic E-state index is 13.9. The topological polar surface area (TPSA) is 146 Å². The first-order valence-corrected chi connectivity index (χ1v) is 18.2. The van der Waals surface area contributed by atoms with Crippen molar-refractivity contribution < 1.29 is 24.2 Å². The minimum absolute atomic E-state index is 0.0636. The lowest BCUT2D eigenvalue weighted by Gasteiger charge is -2.30. The summed E-state index contributed by atoms with van der Waals surface area (Å²) in [5.74, 6) is -0.602. The molecule has 0 fully saturated rings. The van der Waals surface area contributed by atoms with Gasteiger partial charge < -0.3 is 30.7 Å². The first kappa shape index (κ1) is 38.2. The van der Waals surface area contributed by atoms with Crippen molar-refractivity contribution in [2.75, 3.05) is 7.05 Å². The van der Waals surface area contributed by atoms with E-state index < -0.39 is 36.4 Å². The molecule has 0 aliphatic heterocycles. The summed E-state index contributed by atoms with van der Waals surface area (Å²) in [5, 5.41) is 23.2. The molecule has 0 spiro atoms. The fourth-order valence-electron chi connectivity index (χ4n) is 5.30. The zero-order valence-electron chi connectivity index (χ0n) is 28.9. The highest BCUT2D eigenvalue weighted by molar-refractivity contribution is 7.10. The normalized spacial score (nSPS) is 13.5. The minimum Gasteiger partial charge on any atom is -0.444 e. The van der Waals surface area contributed by atoms with E-state index >= 15 is 0 Å². The number of hydrogen-bond acceptors (Lipinski definition) is 9. The number of alkyl carbamates (subject to hydrolysis) is 1. The fraction of sp³-hybridized carbons (Fsp3) is 0.378. The molecule has 2 aromatic heterocycles. The molecular weight excluding hydrogens is 673 g/mol. The number of aromatic nitrogens is 2. The molecule has 0 unspecified atom stereocenters. The van der Waals surface area contributed by atoms with Crippen LogP contribution in [0.1, 0.15) is 53.9 Å². The Morgan fingerprint density at radius 3 is 2.20 bits per heavy atom. The molecule has 4 atom stereocenters. The third-order valence-corrected chi connectivity index (χ3v) is 9.79. The molecule has 0 aliphatic carbocycles. The lowest BCUT2D eigenvalue weighted by Crippen LogP contribution is -2.55. The minimum atomic E-state index is -1.05. The highest BCUT2D eigenvalue weighted by Gasteiger charge is 2.31. The molecule has 50 heavy (non-hydrogen) atoms. The van der Waals surface area contributed by atoms with Crippen LogP contribution in [0.4, 0.5) is 9.59 Å². The summed E-state index contributed by atoms with van der Waals surface area (Å²) in [5.41, 5.74) is 5.13. The van der Waals surface area contributed by atoms with Gasteiger partial charge in [0.05, 0.1) is 34.8 Å². The lowest BCUT2D eigenvalue weighted by molar-refractivity contribution is -0.124. The van der Waals surface area contributed by atoms with E-state index in [0.29, 0.717) is 12.8 Å². The second-order valence-corrected chi connectivity index (χ2v) is 14.5. The number of aliphatic hydroxyl groups is 1. The maximum Gasteiger partial charge on any atom is 0.407 e. The number of aliphatic hydroxyl groups excluding tert-OH is 1. The van der Waals surface area contributed by atoms with Gasteiger partial charge in [-0.1, -0.05) is 81.1 Å². The summed E-state index contributed by atoms with van der Waals surface area (Å²) in [4.78, 5) is 50.8. The zero-order valence-corrected chi connectivity index (χ0v) is 30.5. The Morgan fingerprint density at radius 2 is 1.62 bits per heavy atom. The highest BCUT2D eigenvalue weighted by Crippen LogP contribution is 2.19. The van der Waals surface area contributed by atoms with Gasteiger partial charge in [-0.3, -0.25) is 9.78 Å². The molecule has 4 rings (SSSR count). The first-order valence-electron chi connectivity index (χ1n) is 16.5. The quantitative estimate of drug-likeness (QED) is 0.108. The van der Waals surface area contributed by atoms with Crippen LogP contribution in [0.15, 0.2) is 84.3 Å². The Bertz CT molecular complexity index is 1670. The third-order valence-electron chi connectivity index (χ3n) is 7.98. The second kappa shape index (κ2) is 19.0. The Balaban J connectivity index is 1.47. The van der Waals surface area contributed by atoms with Crippen LogP contribution in [-0.4, -0.2) is 69.3 Å². The van der Waals surface area contributed by atoms with E-state index in [1.54, 1.807) is 18.8 Å². The summed E-state index contributed by atoms with van der Waals surface area (Å²) in [6.45, 7) is 9.87. The zero-order chi connectivity index (χ0) is 36.0. The Morgan fingerprint density at radius 1 is 0.960 bits per heavy atom. The fourth-order valence-corrected chi connectivity index (χ4v) is 6.55. The van der Waals surface area contributed by atoms with Gasteiger partial charge in [-0.15, -0.1) is 22.7 Å². The van der Waals surface area contributed by atoms with Crippen molar-refractivity contribution >= 4 is 46.3 Å². The number of allylic oxidation sites excluding steroid dienone is 1.